The molecule has 0 bridgehead atoms. The van der Waals surface area contributed by atoms with E-state index in [1.165, 1.54) is 22.7 Å². The predicted molar refractivity (Wildman–Crippen MR) is 97.2 cm³/mol. The Balaban J connectivity index is 2.29. The van der Waals surface area contributed by atoms with E-state index in [1.54, 1.807) is 14.2 Å². The van der Waals surface area contributed by atoms with Gasteiger partial charge in [-0.1, -0.05) is 42.5 Å². The molecule has 0 aromatic heterocycles. The van der Waals surface area contributed by atoms with Crippen molar-refractivity contribution < 1.29 is 13.2 Å². The molecule has 1 atom stereocenters. The van der Waals surface area contributed by atoms with Gasteiger partial charge in [0.1, 0.15) is 5.75 Å². The molecule has 0 aliphatic carbocycles. The summed E-state index contributed by atoms with van der Waals surface area (Å²) < 4.78 is 32.5. The second-order valence-corrected chi connectivity index (χ2v) is 8.01. The van der Waals surface area contributed by atoms with Crippen LogP contribution in [0.15, 0.2) is 48.5 Å². The number of para-hydroxylation sites is 1. The van der Waals surface area contributed by atoms with Crippen molar-refractivity contribution >= 4 is 10.2 Å². The van der Waals surface area contributed by atoms with Crippen molar-refractivity contribution in [2.24, 2.45) is 0 Å². The quantitative estimate of drug-likeness (QED) is 0.806. The summed E-state index contributed by atoms with van der Waals surface area (Å²) in [5.41, 5.74) is 2.97. The molecule has 0 aliphatic rings. The predicted octanol–water partition coefficient (Wildman–Crippen LogP) is 3.16. The lowest BCUT2D eigenvalue weighted by molar-refractivity contribution is 0.364. The molecule has 0 heterocycles. The van der Waals surface area contributed by atoms with Crippen molar-refractivity contribution in [3.63, 3.8) is 0 Å². The topological polar surface area (TPSA) is 49.9 Å². The van der Waals surface area contributed by atoms with Crippen molar-refractivity contribution in [1.82, 2.24) is 8.61 Å². The molecule has 0 saturated heterocycles. The molecule has 2 rings (SSSR count). The van der Waals surface area contributed by atoms with Crippen molar-refractivity contribution in [3.8, 4) is 16.9 Å². The molecule has 0 radical (unpaired) electrons. The van der Waals surface area contributed by atoms with E-state index in [9.17, 15) is 8.42 Å². The average Bonchev–Trinajstić information content (AvgIpc) is 2.60. The smallest absolute Gasteiger partial charge is 0.281 e. The summed E-state index contributed by atoms with van der Waals surface area (Å²) in [6, 6.07) is 15.4. The Labute approximate surface area is 144 Å². The first-order valence-corrected chi connectivity index (χ1v) is 9.07. The van der Waals surface area contributed by atoms with E-state index < -0.39 is 10.2 Å². The maximum atomic E-state index is 12.3. The van der Waals surface area contributed by atoms with Crippen LogP contribution in [0.25, 0.3) is 11.1 Å². The van der Waals surface area contributed by atoms with Gasteiger partial charge in [-0.2, -0.15) is 17.0 Å². The number of nitrogens with zero attached hydrogens (tertiary/aromatic N) is 2. The maximum Gasteiger partial charge on any atom is 0.281 e. The molecule has 6 heteroatoms. The molecule has 0 aliphatic heterocycles. The van der Waals surface area contributed by atoms with Crippen molar-refractivity contribution in [2.75, 3.05) is 28.3 Å². The molecule has 130 valence electrons. The summed E-state index contributed by atoms with van der Waals surface area (Å²) in [6.45, 7) is 1.87. The van der Waals surface area contributed by atoms with Crippen LogP contribution in [0.3, 0.4) is 0 Å². The monoisotopic (exact) mass is 348 g/mol. The van der Waals surface area contributed by atoms with Gasteiger partial charge in [0.05, 0.1) is 7.11 Å². The van der Waals surface area contributed by atoms with Crippen LogP contribution in [-0.4, -0.2) is 45.3 Å². The molecule has 0 fully saturated rings. The van der Waals surface area contributed by atoms with Gasteiger partial charge in [0.25, 0.3) is 10.2 Å². The fourth-order valence-electron chi connectivity index (χ4n) is 2.49. The summed E-state index contributed by atoms with van der Waals surface area (Å²) in [7, 11) is 2.85. The Morgan fingerprint density at radius 2 is 1.54 bits per heavy atom. The van der Waals surface area contributed by atoms with Gasteiger partial charge in [-0.3, -0.25) is 0 Å². The van der Waals surface area contributed by atoms with Gasteiger partial charge in [-0.15, -0.1) is 0 Å². The molecule has 2 aromatic carbocycles. The minimum Gasteiger partial charge on any atom is -0.496 e. The van der Waals surface area contributed by atoms with Crippen molar-refractivity contribution in [2.45, 2.75) is 13.0 Å². The van der Waals surface area contributed by atoms with Gasteiger partial charge >= 0.3 is 0 Å². The zero-order valence-electron chi connectivity index (χ0n) is 14.7. The van der Waals surface area contributed by atoms with Gasteiger partial charge in [-0.05, 0) is 24.1 Å². The second-order valence-electron chi connectivity index (χ2n) is 5.80. The minimum atomic E-state index is -3.45. The minimum absolute atomic E-state index is 0.260. The number of hydrogen-bond acceptors (Lipinski definition) is 3. The Morgan fingerprint density at radius 3 is 2.08 bits per heavy atom. The van der Waals surface area contributed by atoms with Gasteiger partial charge in [-0.25, -0.2) is 0 Å². The summed E-state index contributed by atoms with van der Waals surface area (Å²) in [5.74, 6) is 0.811. The number of ether oxygens (including phenoxy) is 1. The number of benzene rings is 2. The normalized spacial score (nSPS) is 13.3. The molecule has 0 saturated carbocycles. The van der Waals surface area contributed by atoms with Crippen LogP contribution >= 0.6 is 0 Å². The molecular weight excluding hydrogens is 324 g/mol. The molecule has 0 spiro atoms. The van der Waals surface area contributed by atoms with E-state index in [-0.39, 0.29) is 6.04 Å². The lowest BCUT2D eigenvalue weighted by atomic mass is 10.0. The van der Waals surface area contributed by atoms with Crippen LogP contribution in [0.4, 0.5) is 0 Å². The zero-order chi connectivity index (χ0) is 17.9. The molecule has 0 unspecified atom stereocenters. The highest BCUT2D eigenvalue weighted by Crippen LogP contribution is 2.31. The number of hydrogen-bond donors (Lipinski definition) is 0. The molecule has 0 N–H and O–H groups in total. The fraction of sp³-hybridized carbons (Fsp3) is 0.333. The largest absolute Gasteiger partial charge is 0.496 e. The molecule has 0 amide bonds. The zero-order valence-corrected chi connectivity index (χ0v) is 15.5. The highest BCUT2D eigenvalue weighted by atomic mass is 32.2. The SMILES string of the molecule is COc1ccccc1-c1ccc([C@H](C)N(C)S(=O)(=O)N(C)C)cc1. The average molecular weight is 348 g/mol. The van der Waals surface area contributed by atoms with Crippen molar-refractivity contribution in [1.29, 1.82) is 0 Å². The highest BCUT2D eigenvalue weighted by Gasteiger charge is 2.26. The van der Waals surface area contributed by atoms with Crippen LogP contribution in [-0.2, 0) is 10.2 Å². The summed E-state index contributed by atoms with van der Waals surface area (Å²) in [5, 5.41) is 0. The Bertz CT molecular complexity index is 786. The first-order valence-electron chi connectivity index (χ1n) is 7.68. The van der Waals surface area contributed by atoms with Crippen molar-refractivity contribution in [3.05, 3.63) is 54.1 Å². The Kier molecular flexibility index (Phi) is 5.64. The van der Waals surface area contributed by atoms with Gasteiger partial charge in [0, 0.05) is 32.7 Å². The first-order chi connectivity index (χ1) is 11.3. The second kappa shape index (κ2) is 7.34. The highest BCUT2D eigenvalue weighted by molar-refractivity contribution is 7.86. The first kappa shape index (κ1) is 18.4. The lowest BCUT2D eigenvalue weighted by Crippen LogP contribution is -2.38. The van der Waals surface area contributed by atoms with E-state index in [0.29, 0.717) is 0 Å². The molecule has 24 heavy (non-hydrogen) atoms. The van der Waals surface area contributed by atoms with Crippen LogP contribution in [0, 0.1) is 0 Å². The fourth-order valence-corrected chi connectivity index (χ4v) is 3.53. The van der Waals surface area contributed by atoms with Crippen LogP contribution in [0.2, 0.25) is 0 Å². The van der Waals surface area contributed by atoms with Gasteiger partial charge < -0.3 is 4.74 Å². The Hall–Kier alpha value is -1.89. The van der Waals surface area contributed by atoms with E-state index in [4.69, 9.17) is 4.74 Å². The van der Waals surface area contributed by atoms with E-state index in [2.05, 4.69) is 0 Å². The number of rotatable bonds is 6. The van der Waals surface area contributed by atoms with Gasteiger partial charge in [0.15, 0.2) is 0 Å². The lowest BCUT2D eigenvalue weighted by Gasteiger charge is -2.27. The molecule has 5 nitrogen and oxygen atoms in total. The third kappa shape index (κ3) is 3.61. The summed E-state index contributed by atoms with van der Waals surface area (Å²) in [4.78, 5) is 0. The molecule has 2 aromatic rings. The third-order valence-corrected chi connectivity index (χ3v) is 6.15. The summed E-state index contributed by atoms with van der Waals surface area (Å²) in [6.07, 6.45) is 0. The van der Waals surface area contributed by atoms with E-state index in [1.807, 2.05) is 55.5 Å². The van der Waals surface area contributed by atoms with E-state index in [0.717, 1.165) is 22.4 Å². The van der Waals surface area contributed by atoms with Gasteiger partial charge in [0.2, 0.25) is 0 Å². The standard InChI is InChI=1S/C18H24N2O3S/c1-14(20(4)24(21,22)19(2)3)15-10-12-16(13-11-15)17-8-6-7-9-18(17)23-5/h6-14H,1-5H3/t14-/m0/s1. The van der Waals surface area contributed by atoms with Crippen LogP contribution in [0.1, 0.15) is 18.5 Å². The van der Waals surface area contributed by atoms with Crippen LogP contribution in [0.5, 0.6) is 5.75 Å². The van der Waals surface area contributed by atoms with E-state index >= 15 is 0 Å². The summed E-state index contributed by atoms with van der Waals surface area (Å²) >= 11 is 0. The maximum absolute atomic E-state index is 12.3. The third-order valence-electron chi connectivity index (χ3n) is 4.18. The number of methoxy groups -OCH3 is 1. The molecular formula is C18H24N2O3S. The van der Waals surface area contributed by atoms with Crippen LogP contribution < -0.4 is 4.74 Å². The Morgan fingerprint density at radius 1 is 0.958 bits per heavy atom.